The first-order chi connectivity index (χ1) is 13.3. The maximum absolute atomic E-state index is 12.5. The molecule has 0 saturated heterocycles. The van der Waals surface area contributed by atoms with Crippen molar-refractivity contribution in [1.29, 1.82) is 0 Å². The Kier molecular flexibility index (Phi) is 11.7. The van der Waals surface area contributed by atoms with E-state index in [1.165, 1.54) is 15.6 Å². The van der Waals surface area contributed by atoms with Crippen LogP contribution in [-0.4, -0.2) is 65.1 Å². The van der Waals surface area contributed by atoms with E-state index < -0.39 is 10.0 Å². The number of thiophene rings is 1. The van der Waals surface area contributed by atoms with Crippen LogP contribution in [0, 0.1) is 5.92 Å². The number of nitrogens with one attached hydrogen (secondary N) is 2. The van der Waals surface area contributed by atoms with E-state index >= 15 is 0 Å². The van der Waals surface area contributed by atoms with Gasteiger partial charge in [-0.2, -0.15) is 4.31 Å². The molecule has 162 valence electrons. The Labute approximate surface area is 174 Å². The van der Waals surface area contributed by atoms with Crippen molar-refractivity contribution in [1.82, 2.24) is 14.9 Å². The van der Waals surface area contributed by atoms with E-state index in [4.69, 9.17) is 4.74 Å². The minimum absolute atomic E-state index is 0.409. The van der Waals surface area contributed by atoms with Gasteiger partial charge in [0.05, 0.1) is 6.61 Å². The number of nitrogens with zero attached hydrogens (tertiary/aromatic N) is 2. The van der Waals surface area contributed by atoms with Gasteiger partial charge in [-0.25, -0.2) is 8.42 Å². The molecule has 7 nitrogen and oxygen atoms in total. The molecule has 1 heterocycles. The number of hydrogen-bond acceptors (Lipinski definition) is 5. The van der Waals surface area contributed by atoms with Crippen LogP contribution in [0.25, 0.3) is 0 Å². The first kappa shape index (κ1) is 24.9. The van der Waals surface area contributed by atoms with Gasteiger partial charge < -0.3 is 15.4 Å². The monoisotopic (exact) mass is 432 g/mol. The molecule has 0 aliphatic carbocycles. The van der Waals surface area contributed by atoms with Gasteiger partial charge in [0.25, 0.3) is 10.0 Å². The van der Waals surface area contributed by atoms with Crippen LogP contribution < -0.4 is 10.6 Å². The van der Waals surface area contributed by atoms with Gasteiger partial charge >= 0.3 is 0 Å². The topological polar surface area (TPSA) is 83.0 Å². The van der Waals surface area contributed by atoms with Gasteiger partial charge in [-0.3, -0.25) is 4.99 Å². The van der Waals surface area contributed by atoms with E-state index in [0.29, 0.717) is 42.9 Å². The summed E-state index contributed by atoms with van der Waals surface area (Å²) >= 11 is 1.34. The van der Waals surface area contributed by atoms with E-state index in [-0.39, 0.29) is 0 Å². The number of guanidine groups is 1. The van der Waals surface area contributed by atoms with Crippen molar-refractivity contribution in [2.75, 3.05) is 46.4 Å². The fraction of sp³-hybridized carbons (Fsp3) is 0.737. The Bertz CT molecular complexity index is 683. The predicted octanol–water partition coefficient (Wildman–Crippen LogP) is 2.55. The number of sulfonamides is 1. The molecule has 1 rings (SSSR count). The normalized spacial score (nSPS) is 12.8. The molecule has 0 amide bonds. The number of hydrogen-bond donors (Lipinski definition) is 2. The summed E-state index contributed by atoms with van der Waals surface area (Å²) in [6, 6.07) is 3.59. The van der Waals surface area contributed by atoms with Gasteiger partial charge in [0.15, 0.2) is 5.96 Å². The van der Waals surface area contributed by atoms with Crippen LogP contribution in [-0.2, 0) is 21.2 Å². The third-order valence-electron chi connectivity index (χ3n) is 4.20. The second kappa shape index (κ2) is 13.1. The maximum atomic E-state index is 12.5. The molecule has 28 heavy (non-hydrogen) atoms. The lowest BCUT2D eigenvalue weighted by Gasteiger charge is -2.16. The van der Waals surface area contributed by atoms with Gasteiger partial charge in [0.1, 0.15) is 4.21 Å². The molecule has 0 atom stereocenters. The molecule has 0 aliphatic rings. The van der Waals surface area contributed by atoms with Gasteiger partial charge in [0, 0.05) is 44.7 Å². The van der Waals surface area contributed by atoms with Crippen molar-refractivity contribution >= 4 is 27.3 Å². The summed E-state index contributed by atoms with van der Waals surface area (Å²) in [6.07, 6.45) is 1.81. The number of ether oxygens (including phenoxy) is 1. The zero-order chi connectivity index (χ0) is 21.0. The molecule has 9 heteroatoms. The van der Waals surface area contributed by atoms with Crippen LogP contribution in [0.3, 0.4) is 0 Å². The Morgan fingerprint density at radius 1 is 1.18 bits per heavy atom. The van der Waals surface area contributed by atoms with E-state index in [9.17, 15) is 8.42 Å². The standard InChI is InChI=1S/C19H36N4O3S2/c1-6-23(7-2)28(24,25)18-9-8-17(27-18)10-12-21-19(20-5)22-13-15-26-14-11-16(3)4/h8-9,16H,6-7,10-15H2,1-5H3,(H2,20,21,22). The zero-order valence-electron chi connectivity index (χ0n) is 17.8. The Balaban J connectivity index is 2.37. The lowest BCUT2D eigenvalue weighted by atomic mass is 10.1. The smallest absolute Gasteiger partial charge is 0.252 e. The van der Waals surface area contributed by atoms with Crippen molar-refractivity contribution in [3.05, 3.63) is 17.0 Å². The average Bonchev–Trinajstić information content (AvgIpc) is 3.13. The molecule has 0 bridgehead atoms. The molecular weight excluding hydrogens is 396 g/mol. The van der Waals surface area contributed by atoms with Crippen LogP contribution in [0.1, 0.15) is 39.0 Å². The molecule has 0 aliphatic heterocycles. The summed E-state index contributed by atoms with van der Waals surface area (Å²) in [5.74, 6) is 1.38. The predicted molar refractivity (Wildman–Crippen MR) is 118 cm³/mol. The maximum Gasteiger partial charge on any atom is 0.252 e. The summed E-state index contributed by atoms with van der Waals surface area (Å²) in [4.78, 5) is 5.23. The number of aliphatic imine (C=N–C) groups is 1. The second-order valence-corrected chi connectivity index (χ2v) is 10.1. The largest absolute Gasteiger partial charge is 0.380 e. The van der Waals surface area contributed by atoms with Crippen LogP contribution in [0.5, 0.6) is 0 Å². The minimum Gasteiger partial charge on any atom is -0.380 e. The van der Waals surface area contributed by atoms with Crippen LogP contribution >= 0.6 is 11.3 Å². The van der Waals surface area contributed by atoms with Crippen molar-refractivity contribution < 1.29 is 13.2 Å². The summed E-state index contributed by atoms with van der Waals surface area (Å²) in [6.45, 7) is 11.8. The van der Waals surface area contributed by atoms with Crippen molar-refractivity contribution in [2.24, 2.45) is 10.9 Å². The molecule has 0 saturated carbocycles. The van der Waals surface area contributed by atoms with Crippen molar-refractivity contribution in [3.8, 4) is 0 Å². The molecule has 1 aromatic rings. The molecule has 0 unspecified atom stereocenters. The Morgan fingerprint density at radius 3 is 2.46 bits per heavy atom. The molecule has 2 N–H and O–H groups in total. The van der Waals surface area contributed by atoms with E-state index in [2.05, 4.69) is 29.5 Å². The highest BCUT2D eigenvalue weighted by Crippen LogP contribution is 2.25. The van der Waals surface area contributed by atoms with Crippen molar-refractivity contribution in [3.63, 3.8) is 0 Å². The third kappa shape index (κ3) is 8.46. The molecule has 0 aromatic carbocycles. The lowest BCUT2D eigenvalue weighted by Crippen LogP contribution is -2.39. The highest BCUT2D eigenvalue weighted by atomic mass is 32.2. The molecule has 0 spiro atoms. The lowest BCUT2D eigenvalue weighted by molar-refractivity contribution is 0.128. The fourth-order valence-electron chi connectivity index (χ4n) is 2.51. The van der Waals surface area contributed by atoms with E-state index in [1.807, 2.05) is 19.9 Å². The highest BCUT2D eigenvalue weighted by Gasteiger charge is 2.23. The quantitative estimate of drug-likeness (QED) is 0.284. The van der Waals surface area contributed by atoms with Crippen LogP contribution in [0.15, 0.2) is 21.3 Å². The molecule has 1 aromatic heterocycles. The zero-order valence-corrected chi connectivity index (χ0v) is 19.5. The van der Waals surface area contributed by atoms with Crippen molar-refractivity contribution in [2.45, 2.75) is 44.7 Å². The van der Waals surface area contributed by atoms with Gasteiger partial charge in [-0.15, -0.1) is 11.3 Å². The van der Waals surface area contributed by atoms with E-state index in [0.717, 1.165) is 30.3 Å². The summed E-state index contributed by atoms with van der Waals surface area (Å²) in [7, 11) is -1.64. The average molecular weight is 433 g/mol. The first-order valence-electron chi connectivity index (χ1n) is 9.96. The molecular formula is C19H36N4O3S2. The van der Waals surface area contributed by atoms with Crippen LogP contribution in [0.2, 0.25) is 0 Å². The molecule has 0 fully saturated rings. The Hall–Kier alpha value is -1.16. The summed E-state index contributed by atoms with van der Waals surface area (Å²) < 4.78 is 32.6. The summed E-state index contributed by atoms with van der Waals surface area (Å²) in [5, 5.41) is 6.47. The first-order valence-corrected chi connectivity index (χ1v) is 12.2. The second-order valence-electron chi connectivity index (χ2n) is 6.78. The Morgan fingerprint density at radius 2 is 1.86 bits per heavy atom. The third-order valence-corrected chi connectivity index (χ3v) is 7.86. The van der Waals surface area contributed by atoms with Gasteiger partial charge in [0.2, 0.25) is 0 Å². The minimum atomic E-state index is -3.37. The molecule has 0 radical (unpaired) electrons. The van der Waals surface area contributed by atoms with Crippen LogP contribution in [0.4, 0.5) is 0 Å². The van der Waals surface area contributed by atoms with Gasteiger partial charge in [-0.05, 0) is 30.9 Å². The van der Waals surface area contributed by atoms with E-state index in [1.54, 1.807) is 13.1 Å². The number of rotatable bonds is 13. The SMILES string of the molecule is CCN(CC)S(=O)(=O)c1ccc(CCNC(=NC)NCCOCCC(C)C)s1. The summed E-state index contributed by atoms with van der Waals surface area (Å²) in [5.41, 5.74) is 0. The van der Waals surface area contributed by atoms with Gasteiger partial charge in [-0.1, -0.05) is 27.7 Å². The fourth-order valence-corrected chi connectivity index (χ4v) is 5.48. The highest BCUT2D eigenvalue weighted by molar-refractivity contribution is 7.91.